The van der Waals surface area contributed by atoms with Gasteiger partial charge in [0, 0.05) is 35.3 Å². The van der Waals surface area contributed by atoms with Crippen LogP contribution < -0.4 is 15.8 Å². The fraction of sp³-hybridized carbons (Fsp3) is 0.462. The van der Waals surface area contributed by atoms with Gasteiger partial charge in [0.25, 0.3) is 0 Å². The number of hydrogen-bond acceptors (Lipinski definition) is 5. The Labute approximate surface area is 128 Å². The highest BCUT2D eigenvalue weighted by Gasteiger charge is 2.22. The van der Waals surface area contributed by atoms with Crippen molar-refractivity contribution in [1.29, 1.82) is 0 Å². The molecule has 1 heterocycles. The number of amides is 1. The van der Waals surface area contributed by atoms with Crippen molar-refractivity contribution >= 4 is 33.4 Å². The van der Waals surface area contributed by atoms with E-state index >= 15 is 0 Å². The number of thioether (sulfide) groups is 1. The molecule has 1 aliphatic heterocycles. The highest BCUT2D eigenvalue weighted by molar-refractivity contribution is 8.00. The van der Waals surface area contributed by atoms with Gasteiger partial charge in [-0.3, -0.25) is 4.79 Å². The van der Waals surface area contributed by atoms with E-state index < -0.39 is 10.0 Å². The van der Waals surface area contributed by atoms with Crippen LogP contribution in [0.1, 0.15) is 12.8 Å². The molecule has 1 fully saturated rings. The van der Waals surface area contributed by atoms with Gasteiger partial charge < -0.3 is 11.1 Å². The van der Waals surface area contributed by atoms with Crippen molar-refractivity contribution in [1.82, 2.24) is 10.0 Å². The monoisotopic (exact) mass is 329 g/mol. The third-order valence-corrected chi connectivity index (χ3v) is 5.78. The average molecular weight is 329 g/mol. The first-order chi connectivity index (χ1) is 9.94. The van der Waals surface area contributed by atoms with Crippen LogP contribution in [0.3, 0.4) is 0 Å². The fourth-order valence-corrected chi connectivity index (χ4v) is 4.69. The van der Waals surface area contributed by atoms with Crippen molar-refractivity contribution < 1.29 is 13.2 Å². The maximum Gasteiger partial charge on any atom is 0.220 e. The maximum absolute atomic E-state index is 12.0. The summed E-state index contributed by atoms with van der Waals surface area (Å²) in [5.41, 5.74) is 6.34. The molecule has 116 valence electrons. The molecule has 1 aromatic carbocycles. The Hall–Kier alpha value is -1.25. The van der Waals surface area contributed by atoms with Gasteiger partial charge in [0.2, 0.25) is 15.9 Å². The highest BCUT2D eigenvalue weighted by Crippen LogP contribution is 2.20. The number of nitrogen functional groups attached to an aromatic ring is 1. The molecule has 0 bridgehead atoms. The van der Waals surface area contributed by atoms with Gasteiger partial charge in [-0.15, -0.1) is 11.8 Å². The number of anilines is 1. The summed E-state index contributed by atoms with van der Waals surface area (Å²) in [4.78, 5) is 12.0. The van der Waals surface area contributed by atoms with E-state index in [1.165, 1.54) is 11.8 Å². The normalized spacial score (nSPS) is 19.2. The van der Waals surface area contributed by atoms with E-state index in [-0.39, 0.29) is 17.7 Å². The Morgan fingerprint density at radius 2 is 2.24 bits per heavy atom. The van der Waals surface area contributed by atoms with E-state index in [1.807, 2.05) is 18.2 Å². The smallest absolute Gasteiger partial charge is 0.220 e. The number of nitrogens with one attached hydrogen (secondary N) is 2. The summed E-state index contributed by atoms with van der Waals surface area (Å²) in [6.45, 7) is 0.362. The van der Waals surface area contributed by atoms with Crippen LogP contribution in [-0.4, -0.2) is 38.4 Å². The van der Waals surface area contributed by atoms with Crippen molar-refractivity contribution in [2.75, 3.05) is 23.8 Å². The molecule has 0 aliphatic carbocycles. The molecule has 1 unspecified atom stereocenters. The number of nitrogens with two attached hydrogens (primary N) is 1. The van der Waals surface area contributed by atoms with Crippen molar-refractivity contribution in [3.05, 3.63) is 24.3 Å². The molecule has 21 heavy (non-hydrogen) atoms. The summed E-state index contributed by atoms with van der Waals surface area (Å²) in [6.07, 6.45) is 0.915. The van der Waals surface area contributed by atoms with Gasteiger partial charge in [-0.1, -0.05) is 6.07 Å². The minimum Gasteiger partial charge on any atom is -0.399 e. The lowest BCUT2D eigenvalue weighted by Gasteiger charge is -2.23. The molecule has 0 aromatic heterocycles. The lowest BCUT2D eigenvalue weighted by Crippen LogP contribution is -2.48. The second-order valence-electron chi connectivity index (χ2n) is 4.90. The van der Waals surface area contributed by atoms with Gasteiger partial charge >= 0.3 is 0 Å². The zero-order valence-corrected chi connectivity index (χ0v) is 13.2. The first-order valence-electron chi connectivity index (χ1n) is 6.70. The van der Waals surface area contributed by atoms with Crippen molar-refractivity contribution in [2.45, 2.75) is 23.8 Å². The van der Waals surface area contributed by atoms with Gasteiger partial charge in [-0.05, 0) is 24.6 Å². The van der Waals surface area contributed by atoms with E-state index in [1.54, 1.807) is 6.07 Å². The summed E-state index contributed by atoms with van der Waals surface area (Å²) in [7, 11) is -3.33. The quantitative estimate of drug-likeness (QED) is 0.523. The fourth-order valence-electron chi connectivity index (χ4n) is 2.02. The molecular weight excluding hydrogens is 310 g/mol. The molecule has 1 atom stereocenters. The standard InChI is InChI=1S/C13H19N3O3S2/c14-10-2-1-3-12(8-10)20-6-7-21(18,19)16-11-4-5-13(17)15-9-11/h1-3,8,11,16H,4-7,9,14H2,(H,15,17). The molecular formula is C13H19N3O3S2. The summed E-state index contributed by atoms with van der Waals surface area (Å²) < 4.78 is 26.6. The van der Waals surface area contributed by atoms with Crippen LogP contribution in [0.5, 0.6) is 0 Å². The zero-order chi connectivity index (χ0) is 15.3. The van der Waals surface area contributed by atoms with E-state index in [0.29, 0.717) is 30.8 Å². The van der Waals surface area contributed by atoms with Gasteiger partial charge in [-0.25, -0.2) is 13.1 Å². The molecule has 6 nitrogen and oxygen atoms in total. The van der Waals surface area contributed by atoms with Crippen molar-refractivity contribution in [3.8, 4) is 0 Å². The van der Waals surface area contributed by atoms with Crippen LogP contribution in [0, 0.1) is 0 Å². The Morgan fingerprint density at radius 1 is 1.43 bits per heavy atom. The van der Waals surface area contributed by atoms with Crippen LogP contribution in [-0.2, 0) is 14.8 Å². The zero-order valence-electron chi connectivity index (χ0n) is 11.5. The number of hydrogen-bond donors (Lipinski definition) is 3. The number of carbonyl (C=O) groups is 1. The highest BCUT2D eigenvalue weighted by atomic mass is 32.2. The third-order valence-electron chi connectivity index (χ3n) is 3.09. The van der Waals surface area contributed by atoms with Crippen molar-refractivity contribution in [2.24, 2.45) is 0 Å². The van der Waals surface area contributed by atoms with Crippen LogP contribution in [0.25, 0.3) is 0 Å². The largest absolute Gasteiger partial charge is 0.399 e. The summed E-state index contributed by atoms with van der Waals surface area (Å²) in [5, 5.41) is 2.66. The first-order valence-corrected chi connectivity index (χ1v) is 9.33. The Kier molecular flexibility index (Phi) is 5.49. The SMILES string of the molecule is Nc1cccc(SCCS(=O)(=O)NC2CCC(=O)NC2)c1. The minimum absolute atomic E-state index is 0.0253. The topological polar surface area (TPSA) is 101 Å². The predicted octanol–water partition coefficient (Wildman–Crippen LogP) is 0.559. The van der Waals surface area contributed by atoms with E-state index in [0.717, 1.165) is 4.90 Å². The van der Waals surface area contributed by atoms with Gasteiger partial charge in [-0.2, -0.15) is 0 Å². The minimum atomic E-state index is -3.33. The number of rotatable bonds is 6. The van der Waals surface area contributed by atoms with Crippen LogP contribution in [0.15, 0.2) is 29.2 Å². The number of piperidine rings is 1. The summed E-state index contributed by atoms with van der Waals surface area (Å²) >= 11 is 1.45. The molecule has 1 saturated heterocycles. The molecule has 0 radical (unpaired) electrons. The molecule has 1 aliphatic rings. The maximum atomic E-state index is 12.0. The van der Waals surface area contributed by atoms with Gasteiger partial charge in [0.05, 0.1) is 5.75 Å². The Morgan fingerprint density at radius 3 is 2.90 bits per heavy atom. The third kappa shape index (κ3) is 5.56. The molecule has 8 heteroatoms. The lowest BCUT2D eigenvalue weighted by atomic mass is 10.1. The first kappa shape index (κ1) is 16.1. The van der Waals surface area contributed by atoms with E-state index in [4.69, 9.17) is 5.73 Å². The van der Waals surface area contributed by atoms with Crippen molar-refractivity contribution in [3.63, 3.8) is 0 Å². The van der Waals surface area contributed by atoms with E-state index in [9.17, 15) is 13.2 Å². The Balaban J connectivity index is 1.77. The summed E-state index contributed by atoms with van der Waals surface area (Å²) in [5.74, 6) is 0.470. The molecule has 1 aromatic rings. The number of sulfonamides is 1. The number of benzene rings is 1. The molecule has 0 spiro atoms. The predicted molar refractivity (Wildman–Crippen MR) is 84.5 cm³/mol. The molecule has 0 saturated carbocycles. The number of carbonyl (C=O) groups excluding carboxylic acids is 1. The summed E-state index contributed by atoms with van der Waals surface area (Å²) in [6, 6.07) is 7.15. The van der Waals surface area contributed by atoms with Gasteiger partial charge in [0.1, 0.15) is 0 Å². The van der Waals surface area contributed by atoms with E-state index in [2.05, 4.69) is 10.0 Å². The second-order valence-corrected chi connectivity index (χ2v) is 7.94. The van der Waals surface area contributed by atoms with Crippen LogP contribution >= 0.6 is 11.8 Å². The second kappa shape index (κ2) is 7.15. The molecule has 2 rings (SSSR count). The Bertz CT molecular complexity index is 594. The van der Waals surface area contributed by atoms with Gasteiger partial charge in [0.15, 0.2) is 0 Å². The van der Waals surface area contributed by atoms with Crippen LogP contribution in [0.4, 0.5) is 5.69 Å². The van der Waals surface area contributed by atoms with Crippen LogP contribution in [0.2, 0.25) is 0 Å². The molecule has 1 amide bonds. The lowest BCUT2D eigenvalue weighted by molar-refractivity contribution is -0.122. The molecule has 4 N–H and O–H groups in total. The average Bonchev–Trinajstić information content (AvgIpc) is 2.41.